The Hall–Kier alpha value is -5.54. The molecule has 1 aliphatic rings. The fourth-order valence-electron chi connectivity index (χ4n) is 8.36. The summed E-state index contributed by atoms with van der Waals surface area (Å²) in [4.78, 5) is 0. The molecule has 49 heavy (non-hydrogen) atoms. The Morgan fingerprint density at radius 1 is 0.490 bits per heavy atom. The van der Waals surface area contributed by atoms with E-state index in [0.29, 0.717) is 0 Å². The van der Waals surface area contributed by atoms with E-state index < -0.39 is 0 Å². The van der Waals surface area contributed by atoms with Gasteiger partial charge in [-0.05, 0) is 87.1 Å². The van der Waals surface area contributed by atoms with Gasteiger partial charge in [0, 0.05) is 16.5 Å². The summed E-state index contributed by atoms with van der Waals surface area (Å²) >= 11 is 0. The van der Waals surface area contributed by atoms with Crippen molar-refractivity contribution in [3.63, 3.8) is 0 Å². The fourth-order valence-corrected chi connectivity index (χ4v) is 8.36. The Bertz CT molecular complexity index is 2350. The number of hydrogen-bond donors (Lipinski definition) is 0. The maximum atomic E-state index is 4.64. The molecule has 1 heterocycles. The molecule has 0 atom stereocenters. The first-order chi connectivity index (χ1) is 23.7. The molecule has 0 saturated heterocycles. The zero-order valence-electron chi connectivity index (χ0n) is 29.1. The van der Waals surface area contributed by atoms with Crippen molar-refractivity contribution in [3.05, 3.63) is 166 Å². The lowest BCUT2D eigenvalue weighted by atomic mass is 9.34. The lowest BCUT2D eigenvalue weighted by molar-refractivity contribution is 1.08. The molecular weight excluding hydrogens is 591 g/mol. The lowest BCUT2D eigenvalue weighted by Gasteiger charge is -2.24. The van der Waals surface area contributed by atoms with Crippen LogP contribution in [0.2, 0.25) is 0 Å². The van der Waals surface area contributed by atoms with Crippen molar-refractivity contribution in [1.29, 1.82) is 0 Å². The number of nitrogens with zero attached hydrogens (tertiary/aromatic N) is 2. The minimum absolute atomic E-state index is 0.168. The van der Waals surface area contributed by atoms with Crippen LogP contribution >= 0.6 is 0 Å². The second-order valence-electron chi connectivity index (χ2n) is 13.9. The van der Waals surface area contributed by atoms with E-state index in [9.17, 15) is 0 Å². The van der Waals surface area contributed by atoms with Crippen LogP contribution in [0.1, 0.15) is 44.5 Å². The van der Waals surface area contributed by atoms with Crippen molar-refractivity contribution < 1.29 is 0 Å². The van der Waals surface area contributed by atoms with Crippen LogP contribution in [0.4, 0.5) is 0 Å². The first kappa shape index (κ1) is 30.8. The average molecular weight is 631 g/mol. The number of benzene rings is 6. The van der Waals surface area contributed by atoms with Gasteiger partial charge in [0.05, 0.1) is 5.52 Å². The van der Waals surface area contributed by atoms with Crippen molar-refractivity contribution in [2.75, 3.05) is 0 Å². The number of rotatable bonds is 5. The van der Waals surface area contributed by atoms with Crippen LogP contribution in [0.25, 0.3) is 50.0 Å². The summed E-state index contributed by atoms with van der Waals surface area (Å²) < 4.78 is 0. The van der Waals surface area contributed by atoms with E-state index in [0.717, 1.165) is 44.4 Å². The molecule has 3 heteroatoms. The summed E-state index contributed by atoms with van der Waals surface area (Å²) in [6, 6.07) is 42.3. The fraction of sp³-hybridized carbons (Fsp3) is 0.130. The van der Waals surface area contributed by atoms with E-state index >= 15 is 0 Å². The van der Waals surface area contributed by atoms with E-state index in [1.807, 2.05) is 12.1 Å². The monoisotopic (exact) mass is 630 g/mol. The summed E-state index contributed by atoms with van der Waals surface area (Å²) in [5.41, 5.74) is 23.1. The van der Waals surface area contributed by atoms with Crippen molar-refractivity contribution >= 4 is 39.6 Å². The highest BCUT2D eigenvalue weighted by molar-refractivity contribution is 6.96. The van der Waals surface area contributed by atoms with Crippen LogP contribution in [0, 0.1) is 41.5 Å². The Labute approximate surface area is 290 Å². The molecule has 7 aromatic rings. The van der Waals surface area contributed by atoms with Gasteiger partial charge in [0.2, 0.25) is 6.71 Å². The van der Waals surface area contributed by atoms with Gasteiger partial charge < -0.3 is 0 Å². The molecule has 8 rings (SSSR count). The molecule has 1 aromatic heterocycles. The molecule has 0 fully saturated rings. The largest absolute Gasteiger partial charge is 0.242 e. The maximum Gasteiger partial charge on any atom is 0.242 e. The third-order valence-corrected chi connectivity index (χ3v) is 10.4. The van der Waals surface area contributed by atoms with Crippen LogP contribution in [0.3, 0.4) is 0 Å². The smallest absolute Gasteiger partial charge is 0.150 e. The van der Waals surface area contributed by atoms with Gasteiger partial charge in [-0.1, -0.05) is 159 Å². The predicted octanol–water partition coefficient (Wildman–Crippen LogP) is 9.37. The Kier molecular flexibility index (Phi) is 7.45. The molecular formula is C46H39BN2. The second kappa shape index (κ2) is 11.9. The molecule has 0 aliphatic heterocycles. The topological polar surface area (TPSA) is 25.8 Å². The molecule has 2 nitrogen and oxygen atoms in total. The van der Waals surface area contributed by atoms with Crippen LogP contribution < -0.4 is 16.4 Å². The summed E-state index contributed by atoms with van der Waals surface area (Å²) in [7, 11) is 0. The SMILES string of the molecule is C=C1c2ccc(-c3ccc(-c4ccc(B(c5c(C)cc(C)cc5C)c5c(C)cc(C)cc5C)cc4)cc3)cc2-c2nnc3ccccc3c21. The summed E-state index contributed by atoms with van der Waals surface area (Å²) in [6.45, 7) is 18.1. The van der Waals surface area contributed by atoms with Crippen LogP contribution in [-0.2, 0) is 0 Å². The third kappa shape index (κ3) is 5.22. The minimum Gasteiger partial charge on any atom is -0.150 e. The van der Waals surface area contributed by atoms with Gasteiger partial charge in [0.1, 0.15) is 5.69 Å². The molecule has 6 aromatic carbocycles. The van der Waals surface area contributed by atoms with Gasteiger partial charge in [0.25, 0.3) is 0 Å². The Morgan fingerprint density at radius 3 is 1.55 bits per heavy atom. The Morgan fingerprint density at radius 2 is 0.980 bits per heavy atom. The molecule has 0 spiro atoms. The predicted molar refractivity (Wildman–Crippen MR) is 210 cm³/mol. The van der Waals surface area contributed by atoms with Crippen LogP contribution in [0.15, 0.2) is 122 Å². The molecule has 0 N–H and O–H groups in total. The number of aryl methyl sites for hydroxylation is 6. The highest BCUT2D eigenvalue weighted by Gasteiger charge is 2.29. The third-order valence-electron chi connectivity index (χ3n) is 10.4. The highest BCUT2D eigenvalue weighted by atomic mass is 15.1. The molecule has 1 aliphatic carbocycles. The first-order valence-electron chi connectivity index (χ1n) is 17.1. The lowest BCUT2D eigenvalue weighted by Crippen LogP contribution is -2.55. The van der Waals surface area contributed by atoms with Crippen LogP contribution in [0.5, 0.6) is 0 Å². The maximum absolute atomic E-state index is 4.64. The Balaban J connectivity index is 1.13. The molecule has 236 valence electrons. The van der Waals surface area contributed by atoms with E-state index in [1.54, 1.807) is 0 Å². The standard InChI is InChI=1S/C46H39BN2/c1-27-22-29(3)44(30(4)23-27)47(45-31(5)24-28(2)25-32(45)6)38-19-16-35(17-20-38)34-12-14-36(15-13-34)37-18-21-39-33(7)43-40-10-8-9-11-42(40)48-49-46(43)41(39)26-37/h8-26H,7H2,1-6H3. The number of hydrogen-bond acceptors (Lipinski definition) is 2. The van der Waals surface area contributed by atoms with Crippen molar-refractivity contribution in [2.45, 2.75) is 41.5 Å². The summed E-state index contributed by atoms with van der Waals surface area (Å²) in [5.74, 6) is 0. The molecule has 0 saturated carbocycles. The van der Waals surface area contributed by atoms with Crippen molar-refractivity contribution in [2.24, 2.45) is 0 Å². The minimum atomic E-state index is 0.168. The van der Waals surface area contributed by atoms with Crippen molar-refractivity contribution in [3.8, 4) is 33.5 Å². The summed E-state index contributed by atoms with van der Waals surface area (Å²) in [6.07, 6.45) is 0. The normalized spacial score (nSPS) is 11.9. The van der Waals surface area contributed by atoms with Crippen LogP contribution in [-0.4, -0.2) is 16.9 Å². The van der Waals surface area contributed by atoms with Gasteiger partial charge in [-0.15, -0.1) is 10.2 Å². The van der Waals surface area contributed by atoms with E-state index in [4.69, 9.17) is 0 Å². The van der Waals surface area contributed by atoms with Gasteiger partial charge in [-0.3, -0.25) is 0 Å². The molecule has 0 radical (unpaired) electrons. The average Bonchev–Trinajstić information content (AvgIpc) is 3.38. The zero-order chi connectivity index (χ0) is 34.0. The number of aromatic nitrogens is 2. The van der Waals surface area contributed by atoms with E-state index in [2.05, 4.69) is 161 Å². The highest BCUT2D eigenvalue weighted by Crippen LogP contribution is 2.46. The van der Waals surface area contributed by atoms with E-state index in [1.165, 1.54) is 66.5 Å². The van der Waals surface area contributed by atoms with Crippen molar-refractivity contribution in [1.82, 2.24) is 10.2 Å². The van der Waals surface area contributed by atoms with Gasteiger partial charge >= 0.3 is 0 Å². The zero-order valence-corrected chi connectivity index (χ0v) is 29.1. The van der Waals surface area contributed by atoms with Gasteiger partial charge in [0.15, 0.2) is 0 Å². The molecule has 0 unspecified atom stereocenters. The first-order valence-corrected chi connectivity index (χ1v) is 17.1. The van der Waals surface area contributed by atoms with E-state index in [-0.39, 0.29) is 6.71 Å². The molecule has 0 bridgehead atoms. The van der Waals surface area contributed by atoms with Gasteiger partial charge in [-0.2, -0.15) is 0 Å². The second-order valence-corrected chi connectivity index (χ2v) is 13.9. The summed E-state index contributed by atoms with van der Waals surface area (Å²) in [5, 5.41) is 10.3. The molecule has 0 amide bonds. The van der Waals surface area contributed by atoms with Gasteiger partial charge in [-0.25, -0.2) is 0 Å². The quantitative estimate of drug-likeness (QED) is 0.177. The number of fused-ring (bicyclic) bond motifs is 5.